The summed E-state index contributed by atoms with van der Waals surface area (Å²) in [4.78, 5) is 14.9. The lowest BCUT2D eigenvalue weighted by Crippen LogP contribution is -2.52. The Labute approximate surface area is 210 Å². The van der Waals surface area contributed by atoms with E-state index in [2.05, 4.69) is 4.72 Å². The molecule has 200 valence electrons. The van der Waals surface area contributed by atoms with Gasteiger partial charge in [0, 0.05) is 36.7 Å². The Balaban J connectivity index is 1.54. The topological polar surface area (TPSA) is 75.7 Å². The summed E-state index contributed by atoms with van der Waals surface area (Å²) in [6.45, 7) is 0.119. The summed E-state index contributed by atoms with van der Waals surface area (Å²) < 4.78 is 102. The highest BCUT2D eigenvalue weighted by Crippen LogP contribution is 2.57. The molecule has 2 aliphatic carbocycles. The van der Waals surface area contributed by atoms with Crippen LogP contribution in [-0.4, -0.2) is 56.3 Å². The summed E-state index contributed by atoms with van der Waals surface area (Å²) >= 11 is 0. The average Bonchev–Trinajstić information content (AvgIpc) is 3.75. The number of amides is 1. The first kappa shape index (κ1) is 26.1. The SMILES string of the molecule is COC1(C(=O)N2CC3(CC3)C(NS(=O)(=O)C(F)F)C2Cc2cccc(-c3cc(F)cc(F)c3)c2F)CC1. The lowest BCUT2D eigenvalue weighted by molar-refractivity contribution is -0.145. The molecule has 1 N–H and O–H groups in total. The summed E-state index contributed by atoms with van der Waals surface area (Å²) in [5, 5.41) is 0. The number of methoxy groups -OCH3 is 1. The Kier molecular flexibility index (Phi) is 6.35. The number of alkyl halides is 2. The molecule has 37 heavy (non-hydrogen) atoms. The number of carbonyl (C=O) groups is 1. The van der Waals surface area contributed by atoms with Gasteiger partial charge >= 0.3 is 5.76 Å². The van der Waals surface area contributed by atoms with Gasteiger partial charge in [-0.15, -0.1) is 0 Å². The average molecular weight is 545 g/mol. The molecule has 2 aromatic rings. The zero-order valence-corrected chi connectivity index (χ0v) is 20.6. The van der Waals surface area contributed by atoms with Crippen LogP contribution in [0, 0.1) is 22.9 Å². The summed E-state index contributed by atoms with van der Waals surface area (Å²) in [6, 6.07) is 4.79. The van der Waals surface area contributed by atoms with Crippen LogP contribution in [0.3, 0.4) is 0 Å². The second-order valence-corrected chi connectivity index (χ2v) is 11.8. The second kappa shape index (κ2) is 9.02. The van der Waals surface area contributed by atoms with Gasteiger partial charge in [0.15, 0.2) is 0 Å². The maximum absolute atomic E-state index is 15.7. The lowest BCUT2D eigenvalue weighted by atomic mass is 9.91. The van der Waals surface area contributed by atoms with E-state index in [1.54, 1.807) is 0 Å². The van der Waals surface area contributed by atoms with Crippen molar-refractivity contribution in [2.45, 2.75) is 55.5 Å². The van der Waals surface area contributed by atoms with Gasteiger partial charge in [-0.25, -0.2) is 26.3 Å². The molecule has 3 aliphatic rings. The van der Waals surface area contributed by atoms with Crippen LogP contribution >= 0.6 is 0 Å². The normalized spacial score (nSPS) is 23.6. The predicted molar refractivity (Wildman–Crippen MR) is 123 cm³/mol. The highest BCUT2D eigenvalue weighted by Gasteiger charge is 2.65. The highest BCUT2D eigenvalue weighted by molar-refractivity contribution is 7.89. The number of nitrogens with zero attached hydrogens (tertiary/aromatic N) is 1. The molecule has 0 radical (unpaired) electrons. The number of nitrogens with one attached hydrogen (secondary N) is 1. The van der Waals surface area contributed by atoms with Gasteiger partial charge in [-0.2, -0.15) is 8.78 Å². The Morgan fingerprint density at radius 2 is 1.76 bits per heavy atom. The first-order valence-corrected chi connectivity index (χ1v) is 13.4. The van der Waals surface area contributed by atoms with Gasteiger partial charge in [-0.05, 0) is 55.4 Å². The molecule has 6 nitrogen and oxygen atoms in total. The van der Waals surface area contributed by atoms with Crippen LogP contribution in [0.25, 0.3) is 11.1 Å². The summed E-state index contributed by atoms with van der Waals surface area (Å²) in [7, 11) is -3.62. The van der Waals surface area contributed by atoms with Crippen molar-refractivity contribution >= 4 is 15.9 Å². The molecule has 2 aromatic carbocycles. The second-order valence-electron chi connectivity index (χ2n) is 10.1. The molecule has 5 rings (SSSR count). The van der Waals surface area contributed by atoms with Gasteiger partial charge in [0.05, 0.1) is 6.04 Å². The van der Waals surface area contributed by atoms with Crippen LogP contribution in [0.15, 0.2) is 36.4 Å². The minimum atomic E-state index is -5.01. The molecule has 0 bridgehead atoms. The number of hydrogen-bond acceptors (Lipinski definition) is 4. The predicted octanol–water partition coefficient (Wildman–Crippen LogP) is 3.99. The number of benzene rings is 2. The van der Waals surface area contributed by atoms with Crippen molar-refractivity contribution in [2.24, 2.45) is 5.41 Å². The zero-order valence-electron chi connectivity index (χ0n) is 19.8. The van der Waals surface area contributed by atoms with Crippen LogP contribution in [0.4, 0.5) is 22.0 Å². The maximum Gasteiger partial charge on any atom is 0.350 e. The van der Waals surface area contributed by atoms with Crippen molar-refractivity contribution in [3.05, 3.63) is 59.4 Å². The fourth-order valence-electron chi connectivity index (χ4n) is 5.43. The summed E-state index contributed by atoms with van der Waals surface area (Å²) in [5.74, 6) is -6.66. The lowest BCUT2D eigenvalue weighted by Gasteiger charge is -2.31. The van der Waals surface area contributed by atoms with E-state index in [-0.39, 0.29) is 29.7 Å². The zero-order chi connectivity index (χ0) is 26.8. The van der Waals surface area contributed by atoms with Crippen LogP contribution in [-0.2, 0) is 26.0 Å². The summed E-state index contributed by atoms with van der Waals surface area (Å²) in [6.07, 6.45) is 1.73. The largest absolute Gasteiger partial charge is 0.368 e. The first-order chi connectivity index (χ1) is 17.4. The van der Waals surface area contributed by atoms with Crippen molar-refractivity contribution in [3.8, 4) is 11.1 Å². The molecule has 1 amide bonds. The van der Waals surface area contributed by atoms with E-state index < -0.39 is 62.2 Å². The van der Waals surface area contributed by atoms with Crippen molar-refractivity contribution in [3.63, 3.8) is 0 Å². The smallest absolute Gasteiger partial charge is 0.350 e. The Hall–Kier alpha value is -2.57. The van der Waals surface area contributed by atoms with Gasteiger partial charge < -0.3 is 9.64 Å². The van der Waals surface area contributed by atoms with E-state index in [0.29, 0.717) is 31.7 Å². The summed E-state index contributed by atoms with van der Waals surface area (Å²) in [5.41, 5.74) is -1.89. The minimum Gasteiger partial charge on any atom is -0.368 e. The van der Waals surface area contributed by atoms with Crippen LogP contribution < -0.4 is 4.72 Å². The van der Waals surface area contributed by atoms with Crippen LogP contribution in [0.2, 0.25) is 0 Å². The van der Waals surface area contributed by atoms with E-state index in [1.807, 2.05) is 0 Å². The van der Waals surface area contributed by atoms with E-state index in [0.717, 1.165) is 12.1 Å². The third-order valence-corrected chi connectivity index (χ3v) is 8.83. The fourth-order valence-corrected chi connectivity index (χ4v) is 6.29. The molecule has 12 heteroatoms. The molecule has 1 spiro atoms. The molecule has 3 fully saturated rings. The monoisotopic (exact) mass is 544 g/mol. The number of hydrogen-bond donors (Lipinski definition) is 1. The number of sulfonamides is 1. The first-order valence-electron chi connectivity index (χ1n) is 11.8. The molecule has 2 atom stereocenters. The van der Waals surface area contributed by atoms with Crippen molar-refractivity contribution < 1.29 is 39.9 Å². The number of ether oxygens (including phenoxy) is 1. The molecule has 1 saturated heterocycles. The van der Waals surface area contributed by atoms with Gasteiger partial charge in [-0.1, -0.05) is 18.2 Å². The van der Waals surface area contributed by atoms with Crippen molar-refractivity contribution in [1.29, 1.82) is 0 Å². The van der Waals surface area contributed by atoms with Crippen molar-refractivity contribution in [2.75, 3.05) is 13.7 Å². The minimum absolute atomic E-state index is 0.0406. The molecule has 0 aromatic heterocycles. The van der Waals surface area contributed by atoms with Crippen LogP contribution in [0.5, 0.6) is 0 Å². The quantitative estimate of drug-likeness (QED) is 0.510. The number of rotatable bonds is 8. The molecule has 1 aliphatic heterocycles. The number of halogens is 5. The van der Waals surface area contributed by atoms with Gasteiger partial charge in [-0.3, -0.25) is 4.79 Å². The maximum atomic E-state index is 15.7. The fraction of sp³-hybridized carbons (Fsp3) is 0.480. The van der Waals surface area contributed by atoms with E-state index in [1.165, 1.54) is 30.2 Å². The standard InChI is InChI=1S/C25H25F5N2O4S/c1-36-25(7-8-25)22(33)32-13-24(5-6-24)21(31-37(34,35)23(29)30)19(32)11-14-3-2-4-18(20(14)28)15-9-16(26)12-17(27)10-15/h2-4,9-10,12,19,21,23,31H,5-8,11,13H2,1H3. The molecule has 2 unspecified atom stereocenters. The van der Waals surface area contributed by atoms with Gasteiger partial charge in [0.25, 0.3) is 15.9 Å². The molecular weight excluding hydrogens is 519 g/mol. The van der Waals surface area contributed by atoms with Crippen molar-refractivity contribution in [1.82, 2.24) is 9.62 Å². The molecule has 1 heterocycles. The Bertz CT molecular complexity index is 1320. The Morgan fingerprint density at radius 1 is 1.11 bits per heavy atom. The van der Waals surface area contributed by atoms with Crippen LogP contribution in [0.1, 0.15) is 31.2 Å². The van der Waals surface area contributed by atoms with Gasteiger partial charge in [0.2, 0.25) is 0 Å². The third kappa shape index (κ3) is 4.63. The highest BCUT2D eigenvalue weighted by atomic mass is 32.2. The van der Waals surface area contributed by atoms with Gasteiger partial charge in [0.1, 0.15) is 23.1 Å². The number of likely N-dealkylation sites (tertiary alicyclic amines) is 1. The molecular formula is C25H25F5N2O4S. The van der Waals surface area contributed by atoms with E-state index in [9.17, 15) is 30.8 Å². The van der Waals surface area contributed by atoms with E-state index >= 15 is 4.39 Å². The number of carbonyl (C=O) groups excluding carboxylic acids is 1. The van der Waals surface area contributed by atoms with E-state index in [4.69, 9.17) is 4.74 Å². The third-order valence-electron chi connectivity index (χ3n) is 7.77. The molecule has 2 saturated carbocycles. The Morgan fingerprint density at radius 3 is 2.30 bits per heavy atom.